The van der Waals surface area contributed by atoms with Crippen LogP contribution in [-0.2, 0) is 9.84 Å². The van der Waals surface area contributed by atoms with Crippen LogP contribution in [0.25, 0.3) is 0 Å². The maximum atomic E-state index is 11.6. The van der Waals surface area contributed by atoms with Crippen molar-refractivity contribution in [2.75, 3.05) is 31.1 Å². The van der Waals surface area contributed by atoms with Crippen molar-refractivity contribution >= 4 is 9.84 Å². The van der Waals surface area contributed by atoms with Crippen LogP contribution in [0.2, 0.25) is 0 Å². The molecule has 0 aromatic heterocycles. The molecule has 1 saturated heterocycles. The zero-order chi connectivity index (χ0) is 12.2. The topological polar surface area (TPSA) is 49.4 Å². The Hall–Kier alpha value is -0.130. The van der Waals surface area contributed by atoms with Gasteiger partial charge >= 0.3 is 0 Å². The van der Waals surface area contributed by atoms with Crippen molar-refractivity contribution in [3.63, 3.8) is 0 Å². The summed E-state index contributed by atoms with van der Waals surface area (Å²) in [5.74, 6) is 0.622. The van der Waals surface area contributed by atoms with Crippen molar-refractivity contribution in [2.24, 2.45) is 0 Å². The van der Waals surface area contributed by atoms with E-state index in [1.165, 1.54) is 0 Å². The molecule has 2 unspecified atom stereocenters. The van der Waals surface area contributed by atoms with Gasteiger partial charge in [-0.3, -0.25) is 4.90 Å². The summed E-state index contributed by atoms with van der Waals surface area (Å²) in [5.41, 5.74) is 0. The summed E-state index contributed by atoms with van der Waals surface area (Å²) in [7, 11) is -2.84. The van der Waals surface area contributed by atoms with Crippen LogP contribution >= 0.6 is 0 Å². The van der Waals surface area contributed by atoms with E-state index in [0.29, 0.717) is 30.1 Å². The largest absolute Gasteiger partial charge is 0.314 e. The highest BCUT2D eigenvalue weighted by Gasteiger charge is 2.25. The lowest BCUT2D eigenvalue weighted by atomic mass is 10.1. The van der Waals surface area contributed by atoms with E-state index in [1.54, 1.807) is 0 Å². The summed E-state index contributed by atoms with van der Waals surface area (Å²) >= 11 is 0. The first-order valence-electron chi connectivity index (χ1n) is 6.13. The average molecular weight is 248 g/mol. The molecule has 0 amide bonds. The Morgan fingerprint density at radius 3 is 2.25 bits per heavy atom. The Labute approximate surface area is 99.3 Å². The third kappa shape index (κ3) is 4.03. The highest BCUT2D eigenvalue weighted by atomic mass is 32.2. The van der Waals surface area contributed by atoms with Gasteiger partial charge < -0.3 is 5.32 Å². The first-order chi connectivity index (χ1) is 7.46. The molecule has 0 aromatic carbocycles. The van der Waals surface area contributed by atoms with Gasteiger partial charge in [-0.25, -0.2) is 8.42 Å². The molecule has 1 rings (SSSR count). The first kappa shape index (κ1) is 13.9. The van der Waals surface area contributed by atoms with Crippen LogP contribution < -0.4 is 5.32 Å². The monoisotopic (exact) mass is 248 g/mol. The van der Waals surface area contributed by atoms with E-state index in [9.17, 15) is 8.42 Å². The Morgan fingerprint density at radius 1 is 1.19 bits per heavy atom. The predicted molar refractivity (Wildman–Crippen MR) is 67.4 cm³/mol. The van der Waals surface area contributed by atoms with Crippen LogP contribution in [0.1, 0.15) is 27.2 Å². The number of sulfone groups is 1. The maximum Gasteiger partial charge on any atom is 0.151 e. The van der Waals surface area contributed by atoms with Gasteiger partial charge in [-0.15, -0.1) is 0 Å². The second-order valence-electron chi connectivity index (χ2n) is 4.75. The summed E-state index contributed by atoms with van der Waals surface area (Å²) < 4.78 is 23.3. The highest BCUT2D eigenvalue weighted by molar-refractivity contribution is 7.91. The van der Waals surface area contributed by atoms with E-state index in [0.717, 1.165) is 19.5 Å². The standard InChI is InChI=1S/C11H24N2O2S/c1-4-6-16(14,15)7-5-13-10(2)8-12-9-11(13)3/h10-12H,4-9H2,1-3H3. The van der Waals surface area contributed by atoms with Gasteiger partial charge in [0, 0.05) is 37.5 Å². The van der Waals surface area contributed by atoms with Crippen LogP contribution in [0.3, 0.4) is 0 Å². The Balaban J connectivity index is 2.47. The fraction of sp³-hybridized carbons (Fsp3) is 1.00. The van der Waals surface area contributed by atoms with Gasteiger partial charge in [-0.2, -0.15) is 0 Å². The average Bonchev–Trinajstić information content (AvgIpc) is 2.16. The van der Waals surface area contributed by atoms with E-state index in [-0.39, 0.29) is 0 Å². The van der Waals surface area contributed by atoms with Gasteiger partial charge in [0.25, 0.3) is 0 Å². The molecule has 96 valence electrons. The van der Waals surface area contributed by atoms with Gasteiger partial charge in [0.05, 0.1) is 5.75 Å². The van der Waals surface area contributed by atoms with Crippen LogP contribution in [0.15, 0.2) is 0 Å². The maximum absolute atomic E-state index is 11.6. The molecule has 16 heavy (non-hydrogen) atoms. The third-order valence-corrected chi connectivity index (χ3v) is 5.02. The molecule has 5 heteroatoms. The van der Waals surface area contributed by atoms with Crippen molar-refractivity contribution < 1.29 is 8.42 Å². The molecule has 2 atom stereocenters. The number of rotatable bonds is 5. The fourth-order valence-electron chi connectivity index (χ4n) is 2.27. The van der Waals surface area contributed by atoms with Crippen molar-refractivity contribution in [3.8, 4) is 0 Å². The fourth-order valence-corrected chi connectivity index (χ4v) is 3.58. The molecule has 0 radical (unpaired) electrons. The summed E-state index contributed by atoms with van der Waals surface area (Å²) in [4.78, 5) is 2.30. The molecule has 1 heterocycles. The molecular formula is C11H24N2O2S. The van der Waals surface area contributed by atoms with Gasteiger partial charge in [-0.05, 0) is 20.3 Å². The zero-order valence-corrected chi connectivity index (χ0v) is 11.4. The molecule has 0 aliphatic carbocycles. The minimum Gasteiger partial charge on any atom is -0.314 e. The second kappa shape index (κ2) is 5.98. The number of hydrogen-bond acceptors (Lipinski definition) is 4. The molecule has 1 aliphatic heterocycles. The zero-order valence-electron chi connectivity index (χ0n) is 10.6. The van der Waals surface area contributed by atoms with Crippen LogP contribution in [0.5, 0.6) is 0 Å². The molecule has 1 N–H and O–H groups in total. The van der Waals surface area contributed by atoms with Crippen LogP contribution in [0, 0.1) is 0 Å². The minimum atomic E-state index is -2.84. The van der Waals surface area contributed by atoms with E-state index >= 15 is 0 Å². The number of hydrogen-bond donors (Lipinski definition) is 1. The van der Waals surface area contributed by atoms with Gasteiger partial charge in [-0.1, -0.05) is 6.92 Å². The molecule has 0 bridgehead atoms. The first-order valence-corrected chi connectivity index (χ1v) is 7.95. The highest BCUT2D eigenvalue weighted by Crippen LogP contribution is 2.09. The van der Waals surface area contributed by atoms with Crippen molar-refractivity contribution in [2.45, 2.75) is 39.3 Å². The third-order valence-electron chi connectivity index (χ3n) is 3.19. The Bertz CT molecular complexity index is 293. The lowest BCUT2D eigenvalue weighted by Crippen LogP contribution is -2.56. The van der Waals surface area contributed by atoms with E-state index in [1.807, 2.05) is 6.92 Å². The Morgan fingerprint density at radius 2 is 1.75 bits per heavy atom. The quantitative estimate of drug-likeness (QED) is 0.769. The minimum absolute atomic E-state index is 0.301. The smallest absolute Gasteiger partial charge is 0.151 e. The summed E-state index contributed by atoms with van der Waals surface area (Å²) in [6, 6.07) is 0.862. The lowest BCUT2D eigenvalue weighted by Gasteiger charge is -2.39. The predicted octanol–water partition coefficient (Wildman–Crippen LogP) is 0.493. The van der Waals surface area contributed by atoms with E-state index < -0.39 is 9.84 Å². The molecule has 0 saturated carbocycles. The van der Waals surface area contributed by atoms with Gasteiger partial charge in [0.2, 0.25) is 0 Å². The lowest BCUT2D eigenvalue weighted by molar-refractivity contribution is 0.125. The van der Waals surface area contributed by atoms with E-state index in [4.69, 9.17) is 0 Å². The molecule has 0 aromatic rings. The normalized spacial score (nSPS) is 28.2. The van der Waals surface area contributed by atoms with Gasteiger partial charge in [0.1, 0.15) is 0 Å². The van der Waals surface area contributed by atoms with Crippen molar-refractivity contribution in [3.05, 3.63) is 0 Å². The number of nitrogens with zero attached hydrogens (tertiary/aromatic N) is 1. The van der Waals surface area contributed by atoms with Gasteiger partial charge in [0.15, 0.2) is 9.84 Å². The van der Waals surface area contributed by atoms with Crippen LogP contribution in [-0.4, -0.2) is 56.5 Å². The summed E-state index contributed by atoms with van der Waals surface area (Å²) in [5, 5.41) is 3.35. The number of piperazine rings is 1. The number of nitrogens with one attached hydrogen (secondary N) is 1. The SMILES string of the molecule is CCCS(=O)(=O)CCN1C(C)CNCC1C. The summed E-state index contributed by atoms with van der Waals surface area (Å²) in [6.45, 7) is 8.79. The molecule has 0 spiro atoms. The molecule has 1 fully saturated rings. The van der Waals surface area contributed by atoms with Crippen molar-refractivity contribution in [1.29, 1.82) is 0 Å². The van der Waals surface area contributed by atoms with E-state index in [2.05, 4.69) is 24.1 Å². The van der Waals surface area contributed by atoms with Crippen LogP contribution in [0.4, 0.5) is 0 Å². The second-order valence-corrected chi connectivity index (χ2v) is 7.05. The Kier molecular flexibility index (Phi) is 5.21. The summed E-state index contributed by atoms with van der Waals surface area (Å²) in [6.07, 6.45) is 0.717. The molecule has 4 nitrogen and oxygen atoms in total. The molecular weight excluding hydrogens is 224 g/mol. The molecule has 1 aliphatic rings. The van der Waals surface area contributed by atoms with Crippen molar-refractivity contribution in [1.82, 2.24) is 10.2 Å².